The van der Waals surface area contributed by atoms with E-state index in [9.17, 15) is 4.79 Å². The molecule has 2 aliphatic rings. The van der Waals surface area contributed by atoms with E-state index in [1.807, 2.05) is 12.1 Å². The molecule has 4 heterocycles. The van der Waals surface area contributed by atoms with Crippen LogP contribution in [0.4, 0.5) is 0 Å². The molecule has 23 heavy (non-hydrogen) atoms. The Morgan fingerprint density at radius 3 is 3.09 bits per heavy atom. The van der Waals surface area contributed by atoms with Crippen molar-refractivity contribution in [2.45, 2.75) is 46.8 Å². The van der Waals surface area contributed by atoms with Gasteiger partial charge in [-0.05, 0) is 43.2 Å². The second kappa shape index (κ2) is 6.14. The Morgan fingerprint density at radius 1 is 1.48 bits per heavy atom. The maximum Gasteiger partial charge on any atom is 0.415 e. The fraction of sp³-hybridized carbons (Fsp3) is 0.500. The summed E-state index contributed by atoms with van der Waals surface area (Å²) in [5, 5.41) is 14.7. The van der Waals surface area contributed by atoms with Crippen LogP contribution < -0.4 is 15.4 Å². The minimum absolute atomic E-state index is 0.00990. The normalized spacial score (nSPS) is 25.7. The van der Waals surface area contributed by atoms with Crippen molar-refractivity contribution < 1.29 is 13.9 Å². The molecule has 122 valence electrons. The van der Waals surface area contributed by atoms with Crippen LogP contribution in [0.5, 0.6) is 6.08 Å². The summed E-state index contributed by atoms with van der Waals surface area (Å²) in [5.74, 6) is -0.00990. The highest BCUT2D eigenvalue weighted by atomic mass is 32.2. The smallest absolute Gasteiger partial charge is 0.415 e. The van der Waals surface area contributed by atoms with Gasteiger partial charge in [0.05, 0.1) is 16.2 Å². The number of nitrogens with zero attached hydrogens (tertiary/aromatic N) is 2. The van der Waals surface area contributed by atoms with E-state index in [0.29, 0.717) is 22.2 Å². The first-order chi connectivity index (χ1) is 11.2. The molecule has 2 saturated heterocycles. The molecule has 0 unspecified atom stereocenters. The van der Waals surface area contributed by atoms with Gasteiger partial charge in [-0.2, -0.15) is 0 Å². The zero-order chi connectivity index (χ0) is 15.8. The van der Waals surface area contributed by atoms with Gasteiger partial charge in [-0.1, -0.05) is 10.2 Å². The highest BCUT2D eigenvalue weighted by Crippen LogP contribution is 2.34. The van der Waals surface area contributed by atoms with E-state index in [2.05, 4.69) is 20.8 Å². The summed E-state index contributed by atoms with van der Waals surface area (Å²) < 4.78 is 11.0. The topological polar surface area (TPSA) is 89.3 Å². The first-order valence-corrected chi connectivity index (χ1v) is 9.06. The number of methoxy groups -OCH3 is 1. The van der Waals surface area contributed by atoms with Crippen LogP contribution in [0.15, 0.2) is 26.0 Å². The molecule has 9 heteroatoms. The fourth-order valence-electron chi connectivity index (χ4n) is 3.13. The van der Waals surface area contributed by atoms with Gasteiger partial charge >= 0.3 is 6.08 Å². The van der Waals surface area contributed by atoms with Crippen LogP contribution >= 0.6 is 23.1 Å². The fourth-order valence-corrected chi connectivity index (χ4v) is 4.92. The van der Waals surface area contributed by atoms with Crippen LogP contribution in [-0.2, 0) is 0 Å². The van der Waals surface area contributed by atoms with Crippen LogP contribution in [0.1, 0.15) is 28.9 Å². The van der Waals surface area contributed by atoms with Crippen molar-refractivity contribution in [3.63, 3.8) is 0 Å². The third kappa shape index (κ3) is 3.08. The van der Waals surface area contributed by atoms with E-state index in [-0.39, 0.29) is 18.0 Å². The van der Waals surface area contributed by atoms with E-state index in [4.69, 9.17) is 9.15 Å². The first-order valence-electron chi connectivity index (χ1n) is 7.43. The molecule has 0 radical (unpaired) electrons. The zero-order valence-corrected chi connectivity index (χ0v) is 14.1. The van der Waals surface area contributed by atoms with Crippen LogP contribution in [0.3, 0.4) is 0 Å². The summed E-state index contributed by atoms with van der Waals surface area (Å²) in [6.45, 7) is 0. The minimum atomic E-state index is -0.00990. The van der Waals surface area contributed by atoms with Crippen molar-refractivity contribution in [3.05, 3.63) is 17.0 Å². The number of ether oxygens (including phenoxy) is 1. The van der Waals surface area contributed by atoms with Crippen LogP contribution in [0.2, 0.25) is 0 Å². The molecule has 0 aromatic carbocycles. The minimum Gasteiger partial charge on any atom is -0.452 e. The molecular weight excluding hydrogens is 336 g/mol. The predicted octanol–water partition coefficient (Wildman–Crippen LogP) is 1.91. The Hall–Kier alpha value is -1.58. The number of aromatic nitrogens is 2. The molecule has 2 aromatic rings. The Morgan fingerprint density at radius 2 is 2.39 bits per heavy atom. The maximum atomic E-state index is 12.4. The lowest BCUT2D eigenvalue weighted by molar-refractivity contribution is 0.0935. The molecule has 0 aliphatic carbocycles. The number of nitrogens with one attached hydrogen (secondary N) is 2. The Kier molecular flexibility index (Phi) is 4.00. The maximum absolute atomic E-state index is 12.4. The summed E-state index contributed by atoms with van der Waals surface area (Å²) in [6.07, 6.45) is 3.54. The molecule has 2 N–H and O–H groups in total. The van der Waals surface area contributed by atoms with Gasteiger partial charge in [0.1, 0.15) is 0 Å². The van der Waals surface area contributed by atoms with E-state index in [1.165, 1.54) is 36.6 Å². The van der Waals surface area contributed by atoms with Gasteiger partial charge in [-0.25, -0.2) is 0 Å². The van der Waals surface area contributed by atoms with Crippen LogP contribution in [0.25, 0.3) is 0 Å². The Labute approximate surface area is 141 Å². The molecule has 3 atom stereocenters. The van der Waals surface area contributed by atoms with Crippen LogP contribution in [0, 0.1) is 0 Å². The first kappa shape index (κ1) is 15.0. The summed E-state index contributed by atoms with van der Waals surface area (Å²) >= 11 is 2.74. The van der Waals surface area contributed by atoms with E-state index in [0.717, 1.165) is 17.1 Å². The van der Waals surface area contributed by atoms with Gasteiger partial charge in [0.15, 0.2) is 0 Å². The third-order valence-corrected chi connectivity index (χ3v) is 6.23. The summed E-state index contributed by atoms with van der Waals surface area (Å²) in [7, 11) is 1.47. The van der Waals surface area contributed by atoms with E-state index < -0.39 is 0 Å². The SMILES string of the molecule is COc1nnc(Sc2ccc(C(=O)N[C@@H]3C[C@H]4CC[C@@H]3N4)s2)o1. The molecule has 7 nitrogen and oxygen atoms in total. The average molecular weight is 352 g/mol. The Bertz CT molecular complexity index is 716. The van der Waals surface area contributed by atoms with Crippen molar-refractivity contribution in [2.75, 3.05) is 7.11 Å². The molecule has 0 saturated carbocycles. The number of carbonyl (C=O) groups is 1. The number of carbonyl (C=O) groups excluding carboxylic acids is 1. The lowest BCUT2D eigenvalue weighted by atomic mass is 9.95. The van der Waals surface area contributed by atoms with E-state index in [1.54, 1.807) is 0 Å². The molecule has 2 fully saturated rings. The number of thiophene rings is 1. The number of fused-ring (bicyclic) bond motifs is 2. The summed E-state index contributed by atoms with van der Waals surface area (Å²) in [5.41, 5.74) is 0. The molecule has 1 amide bonds. The lowest BCUT2D eigenvalue weighted by Crippen LogP contribution is -2.42. The second-order valence-corrected chi connectivity index (χ2v) is 7.96. The van der Waals surface area contributed by atoms with Crippen molar-refractivity contribution in [2.24, 2.45) is 0 Å². The zero-order valence-electron chi connectivity index (χ0n) is 12.4. The summed E-state index contributed by atoms with van der Waals surface area (Å²) in [6, 6.07) is 4.98. The number of hydrogen-bond donors (Lipinski definition) is 2. The number of hydrogen-bond acceptors (Lipinski definition) is 8. The summed E-state index contributed by atoms with van der Waals surface area (Å²) in [4.78, 5) is 13.1. The quantitative estimate of drug-likeness (QED) is 0.849. The molecule has 2 aliphatic heterocycles. The van der Waals surface area contributed by atoms with Crippen molar-refractivity contribution >= 4 is 29.0 Å². The highest BCUT2D eigenvalue weighted by Gasteiger charge is 2.39. The van der Waals surface area contributed by atoms with Crippen LogP contribution in [-0.4, -0.2) is 41.3 Å². The monoisotopic (exact) mass is 352 g/mol. The van der Waals surface area contributed by atoms with Crippen molar-refractivity contribution in [1.29, 1.82) is 0 Å². The Balaban J connectivity index is 1.38. The molecule has 2 aromatic heterocycles. The molecular formula is C14H16N4O3S2. The van der Waals surface area contributed by atoms with Crippen molar-refractivity contribution in [1.82, 2.24) is 20.8 Å². The van der Waals surface area contributed by atoms with E-state index >= 15 is 0 Å². The largest absolute Gasteiger partial charge is 0.452 e. The van der Waals surface area contributed by atoms with Gasteiger partial charge < -0.3 is 19.8 Å². The predicted molar refractivity (Wildman–Crippen MR) is 85.1 cm³/mol. The molecule has 4 rings (SSSR count). The number of rotatable bonds is 5. The average Bonchev–Trinajstić information content (AvgIpc) is 3.32. The standard InChI is InChI=1S/C14H16N4O3S2/c1-20-13-17-18-14(21-13)23-11-5-4-10(22-11)12(19)16-9-6-7-2-3-8(9)15-7/h4-5,7-9,15H,2-3,6H2,1H3,(H,16,19)/t7-,8+,9-/m1/s1. The van der Waals surface area contributed by atoms with Gasteiger partial charge in [-0.3, -0.25) is 4.79 Å². The van der Waals surface area contributed by atoms with Gasteiger partial charge in [0.2, 0.25) is 0 Å². The van der Waals surface area contributed by atoms with Gasteiger partial charge in [0, 0.05) is 18.1 Å². The highest BCUT2D eigenvalue weighted by molar-refractivity contribution is 8.01. The van der Waals surface area contributed by atoms with Gasteiger partial charge in [0.25, 0.3) is 11.1 Å². The molecule has 2 bridgehead atoms. The second-order valence-electron chi connectivity index (χ2n) is 5.62. The lowest BCUT2D eigenvalue weighted by Gasteiger charge is -2.20. The van der Waals surface area contributed by atoms with Crippen molar-refractivity contribution in [3.8, 4) is 6.08 Å². The third-order valence-electron chi connectivity index (χ3n) is 4.17. The molecule has 0 spiro atoms. The number of amides is 1. The van der Waals surface area contributed by atoms with Gasteiger partial charge in [-0.15, -0.1) is 11.3 Å².